The number of hydrogen-bond acceptors (Lipinski definition) is 2. The van der Waals surface area contributed by atoms with Gasteiger partial charge >= 0.3 is 0 Å². The van der Waals surface area contributed by atoms with Crippen molar-refractivity contribution < 1.29 is 4.79 Å². The van der Waals surface area contributed by atoms with Gasteiger partial charge in [0.1, 0.15) is 0 Å². The Hall–Kier alpha value is -1.29. The van der Waals surface area contributed by atoms with Crippen LogP contribution in [0.1, 0.15) is 57.6 Å². The third-order valence-corrected chi connectivity index (χ3v) is 3.49. The maximum atomic E-state index is 11.2. The van der Waals surface area contributed by atoms with Crippen molar-refractivity contribution in [2.45, 2.75) is 58.5 Å². The molecule has 0 aliphatic carbocycles. The molecule has 1 aromatic heterocycles. The van der Waals surface area contributed by atoms with Crippen molar-refractivity contribution in [3.63, 3.8) is 0 Å². The molecule has 1 heterocycles. The van der Waals surface area contributed by atoms with Crippen LogP contribution in [-0.4, -0.2) is 24.1 Å². The van der Waals surface area contributed by atoms with E-state index in [2.05, 4.69) is 47.5 Å². The van der Waals surface area contributed by atoms with E-state index in [1.807, 2.05) is 0 Å². The summed E-state index contributed by atoms with van der Waals surface area (Å²) in [6.45, 7) is 6.38. The van der Waals surface area contributed by atoms with Gasteiger partial charge < -0.3 is 15.2 Å². The first-order valence-corrected chi connectivity index (χ1v) is 7.80. The van der Waals surface area contributed by atoms with Crippen LogP contribution in [0.5, 0.6) is 0 Å². The molecular formula is C16H29N3O. The van der Waals surface area contributed by atoms with E-state index in [0.29, 0.717) is 12.5 Å². The Balaban J connectivity index is 2.48. The topological polar surface area (TPSA) is 46.1 Å². The summed E-state index contributed by atoms with van der Waals surface area (Å²) in [5.74, 6) is 0.117. The van der Waals surface area contributed by atoms with Crippen LogP contribution in [0.4, 0.5) is 0 Å². The lowest BCUT2D eigenvalue weighted by atomic mass is 10.1. The summed E-state index contributed by atoms with van der Waals surface area (Å²) in [5.41, 5.74) is 1.36. The summed E-state index contributed by atoms with van der Waals surface area (Å²) in [4.78, 5) is 11.2. The minimum Gasteiger partial charge on any atom is -0.359 e. The number of nitrogens with one attached hydrogen (secondary N) is 2. The second kappa shape index (κ2) is 9.59. The fourth-order valence-electron chi connectivity index (χ4n) is 2.35. The Morgan fingerprint density at radius 1 is 1.35 bits per heavy atom. The van der Waals surface area contributed by atoms with Gasteiger partial charge in [-0.15, -0.1) is 0 Å². The molecule has 0 fully saturated rings. The zero-order chi connectivity index (χ0) is 14.8. The highest BCUT2D eigenvalue weighted by Gasteiger charge is 2.10. The molecule has 2 N–H and O–H groups in total. The Bertz CT molecular complexity index is 387. The summed E-state index contributed by atoms with van der Waals surface area (Å²) < 4.78 is 2.19. The number of carbonyl (C=O) groups excluding carboxylic acids is 1. The molecule has 1 aromatic rings. The van der Waals surface area contributed by atoms with E-state index in [4.69, 9.17) is 0 Å². The van der Waals surface area contributed by atoms with Gasteiger partial charge in [0, 0.05) is 38.4 Å². The summed E-state index contributed by atoms with van der Waals surface area (Å²) in [7, 11) is 1.69. The SMILES string of the molecule is CCCNC(CCC)c1ccn(CCCC(=O)NC)c1. The molecule has 0 radical (unpaired) electrons. The Labute approximate surface area is 122 Å². The maximum absolute atomic E-state index is 11.2. The molecule has 4 heteroatoms. The monoisotopic (exact) mass is 279 g/mol. The molecule has 4 nitrogen and oxygen atoms in total. The van der Waals surface area contributed by atoms with E-state index < -0.39 is 0 Å². The second-order valence-electron chi connectivity index (χ2n) is 5.25. The Kier molecular flexibility index (Phi) is 8.04. The van der Waals surface area contributed by atoms with Crippen molar-refractivity contribution in [1.29, 1.82) is 0 Å². The van der Waals surface area contributed by atoms with Crippen molar-refractivity contribution in [3.8, 4) is 0 Å². The number of carbonyl (C=O) groups is 1. The second-order valence-corrected chi connectivity index (χ2v) is 5.25. The highest BCUT2D eigenvalue weighted by molar-refractivity contribution is 5.75. The smallest absolute Gasteiger partial charge is 0.219 e. The lowest BCUT2D eigenvalue weighted by Crippen LogP contribution is -2.21. The van der Waals surface area contributed by atoms with Crippen LogP contribution in [0.15, 0.2) is 18.5 Å². The summed E-state index contributed by atoms with van der Waals surface area (Å²) in [6, 6.07) is 2.66. The largest absolute Gasteiger partial charge is 0.359 e. The van der Waals surface area contributed by atoms with Crippen molar-refractivity contribution in [2.75, 3.05) is 13.6 Å². The quantitative estimate of drug-likeness (QED) is 0.692. The number of hydrogen-bond donors (Lipinski definition) is 2. The normalized spacial score (nSPS) is 12.3. The standard InChI is InChI=1S/C16H29N3O/c1-4-7-15(18-10-5-2)14-9-12-19(13-14)11-6-8-16(20)17-3/h9,12-13,15,18H,4-8,10-11H2,1-3H3,(H,17,20). The molecule has 0 saturated heterocycles. The number of aromatic nitrogens is 1. The molecule has 0 aromatic carbocycles. The van der Waals surface area contributed by atoms with Crippen molar-refractivity contribution in [1.82, 2.24) is 15.2 Å². The molecule has 0 aliphatic rings. The van der Waals surface area contributed by atoms with Gasteiger partial charge in [0.2, 0.25) is 5.91 Å². The third kappa shape index (κ3) is 5.78. The van der Waals surface area contributed by atoms with Crippen LogP contribution >= 0.6 is 0 Å². The van der Waals surface area contributed by atoms with Gasteiger partial charge in [-0.1, -0.05) is 20.3 Å². The molecule has 1 amide bonds. The lowest BCUT2D eigenvalue weighted by Gasteiger charge is -2.16. The first-order chi connectivity index (χ1) is 9.71. The number of rotatable bonds is 10. The first kappa shape index (κ1) is 16.8. The Morgan fingerprint density at radius 2 is 2.15 bits per heavy atom. The van der Waals surface area contributed by atoms with Crippen molar-refractivity contribution in [2.24, 2.45) is 0 Å². The Morgan fingerprint density at radius 3 is 2.80 bits per heavy atom. The van der Waals surface area contributed by atoms with Gasteiger partial charge in [-0.2, -0.15) is 0 Å². The molecule has 0 aliphatic heterocycles. The fraction of sp³-hybridized carbons (Fsp3) is 0.688. The van der Waals surface area contributed by atoms with Gasteiger partial charge in [0.05, 0.1) is 0 Å². The molecule has 0 spiro atoms. The average molecular weight is 279 g/mol. The van der Waals surface area contributed by atoms with Gasteiger partial charge in [0.15, 0.2) is 0 Å². The molecule has 1 atom stereocenters. The van der Waals surface area contributed by atoms with E-state index in [1.165, 1.54) is 18.4 Å². The first-order valence-electron chi connectivity index (χ1n) is 7.80. The van der Waals surface area contributed by atoms with Crippen LogP contribution in [0.3, 0.4) is 0 Å². The van der Waals surface area contributed by atoms with E-state index >= 15 is 0 Å². The predicted octanol–water partition coefficient (Wildman–Crippen LogP) is 2.86. The minimum atomic E-state index is 0.117. The zero-order valence-corrected chi connectivity index (χ0v) is 13.1. The number of aryl methyl sites for hydroxylation is 1. The number of nitrogens with zero attached hydrogens (tertiary/aromatic N) is 1. The van der Waals surface area contributed by atoms with Crippen LogP contribution in [0.25, 0.3) is 0 Å². The van der Waals surface area contributed by atoms with E-state index in [-0.39, 0.29) is 5.91 Å². The van der Waals surface area contributed by atoms with Gasteiger partial charge in [-0.25, -0.2) is 0 Å². The maximum Gasteiger partial charge on any atom is 0.219 e. The molecule has 0 saturated carbocycles. The highest BCUT2D eigenvalue weighted by atomic mass is 16.1. The van der Waals surface area contributed by atoms with E-state index in [9.17, 15) is 4.79 Å². The summed E-state index contributed by atoms with van der Waals surface area (Å²) >= 11 is 0. The summed E-state index contributed by atoms with van der Waals surface area (Å²) in [5, 5.41) is 6.26. The van der Waals surface area contributed by atoms with Crippen molar-refractivity contribution >= 4 is 5.91 Å². The molecule has 20 heavy (non-hydrogen) atoms. The molecule has 0 bridgehead atoms. The summed E-state index contributed by atoms with van der Waals surface area (Å²) in [6.07, 6.45) is 9.33. The van der Waals surface area contributed by atoms with Gasteiger partial charge in [-0.3, -0.25) is 4.79 Å². The van der Waals surface area contributed by atoms with Gasteiger partial charge in [0.25, 0.3) is 0 Å². The minimum absolute atomic E-state index is 0.117. The lowest BCUT2D eigenvalue weighted by molar-refractivity contribution is -0.120. The van der Waals surface area contributed by atoms with E-state index in [0.717, 1.165) is 25.9 Å². The molecule has 1 unspecified atom stereocenters. The zero-order valence-electron chi connectivity index (χ0n) is 13.1. The van der Waals surface area contributed by atoms with Crippen LogP contribution < -0.4 is 10.6 Å². The van der Waals surface area contributed by atoms with Crippen molar-refractivity contribution in [3.05, 3.63) is 24.0 Å². The molecule has 1 rings (SSSR count). The fourth-order valence-corrected chi connectivity index (χ4v) is 2.35. The number of amides is 1. The van der Waals surface area contributed by atoms with E-state index in [1.54, 1.807) is 7.05 Å². The van der Waals surface area contributed by atoms with Gasteiger partial charge in [-0.05, 0) is 37.4 Å². The van der Waals surface area contributed by atoms with Crippen LogP contribution in [0.2, 0.25) is 0 Å². The van der Waals surface area contributed by atoms with Crippen LogP contribution in [-0.2, 0) is 11.3 Å². The molecular weight excluding hydrogens is 250 g/mol. The molecule has 114 valence electrons. The van der Waals surface area contributed by atoms with Crippen LogP contribution in [0, 0.1) is 0 Å². The predicted molar refractivity (Wildman–Crippen MR) is 83.7 cm³/mol. The average Bonchev–Trinajstić information content (AvgIpc) is 2.92. The highest BCUT2D eigenvalue weighted by Crippen LogP contribution is 2.19. The third-order valence-electron chi connectivity index (χ3n) is 3.49.